The summed E-state index contributed by atoms with van der Waals surface area (Å²) in [6, 6.07) is 7.14. The van der Waals surface area contributed by atoms with Gasteiger partial charge in [0.05, 0.1) is 0 Å². The van der Waals surface area contributed by atoms with Crippen LogP contribution in [0.2, 0.25) is 0 Å². The highest BCUT2D eigenvalue weighted by atomic mass is 19.1. The number of hydrogen-bond donors (Lipinski definition) is 1. The largest absolute Gasteiger partial charge is 0.327 e. The van der Waals surface area contributed by atoms with E-state index in [0.29, 0.717) is 5.56 Å². The van der Waals surface area contributed by atoms with E-state index < -0.39 is 0 Å². The van der Waals surface area contributed by atoms with Crippen LogP contribution >= 0.6 is 0 Å². The Morgan fingerprint density at radius 2 is 2.13 bits per heavy atom. The van der Waals surface area contributed by atoms with Crippen LogP contribution in [0.3, 0.4) is 0 Å². The van der Waals surface area contributed by atoms with Gasteiger partial charge in [0.25, 0.3) is 0 Å². The third-order valence-electron chi connectivity index (χ3n) is 2.86. The average molecular weight is 205 g/mol. The van der Waals surface area contributed by atoms with Crippen LogP contribution in [0.15, 0.2) is 29.8 Å². The Morgan fingerprint density at radius 1 is 1.33 bits per heavy atom. The third kappa shape index (κ3) is 2.66. The molecule has 1 saturated carbocycles. The van der Waals surface area contributed by atoms with Crippen molar-refractivity contribution in [3.63, 3.8) is 0 Å². The number of hydrogen-bond acceptors (Lipinski definition) is 1. The Hall–Kier alpha value is -1.15. The molecule has 1 unspecified atom stereocenters. The molecule has 1 aliphatic carbocycles. The lowest BCUT2D eigenvalue weighted by Gasteiger charge is -2.20. The van der Waals surface area contributed by atoms with Crippen LogP contribution in [-0.2, 0) is 0 Å². The second-order valence-electron chi connectivity index (χ2n) is 4.18. The smallest absolute Gasteiger partial charge is 0.130 e. The van der Waals surface area contributed by atoms with Gasteiger partial charge in [-0.25, -0.2) is 4.39 Å². The van der Waals surface area contributed by atoms with Crippen molar-refractivity contribution in [1.29, 1.82) is 0 Å². The molecule has 1 fully saturated rings. The van der Waals surface area contributed by atoms with Gasteiger partial charge in [-0.05, 0) is 31.7 Å². The minimum atomic E-state index is -0.149. The van der Waals surface area contributed by atoms with E-state index in [2.05, 4.69) is 0 Å². The van der Waals surface area contributed by atoms with Gasteiger partial charge in [0.2, 0.25) is 0 Å². The van der Waals surface area contributed by atoms with E-state index in [0.717, 1.165) is 25.7 Å². The molecular formula is C13H16FN. The van der Waals surface area contributed by atoms with Crippen LogP contribution < -0.4 is 5.73 Å². The summed E-state index contributed by atoms with van der Waals surface area (Å²) >= 11 is 0. The molecule has 2 rings (SSSR count). The second-order valence-corrected chi connectivity index (χ2v) is 4.18. The molecule has 0 saturated heterocycles. The number of benzene rings is 1. The maximum Gasteiger partial charge on any atom is 0.130 e. The van der Waals surface area contributed by atoms with Gasteiger partial charge >= 0.3 is 0 Å². The molecule has 1 aliphatic rings. The predicted octanol–water partition coefficient (Wildman–Crippen LogP) is 3.11. The topological polar surface area (TPSA) is 26.0 Å². The zero-order valence-electron chi connectivity index (χ0n) is 8.75. The fourth-order valence-corrected chi connectivity index (χ4v) is 2.08. The second kappa shape index (κ2) is 4.58. The van der Waals surface area contributed by atoms with E-state index in [9.17, 15) is 4.39 Å². The molecule has 0 amide bonds. The molecule has 80 valence electrons. The summed E-state index contributed by atoms with van der Waals surface area (Å²) in [6.45, 7) is 0. The van der Waals surface area contributed by atoms with Gasteiger partial charge in [-0.2, -0.15) is 0 Å². The van der Waals surface area contributed by atoms with Crippen LogP contribution in [0.4, 0.5) is 4.39 Å². The zero-order chi connectivity index (χ0) is 10.7. The first-order valence-corrected chi connectivity index (χ1v) is 5.45. The number of rotatable bonds is 1. The van der Waals surface area contributed by atoms with E-state index in [-0.39, 0.29) is 11.9 Å². The van der Waals surface area contributed by atoms with Crippen molar-refractivity contribution >= 4 is 6.08 Å². The molecule has 0 aromatic heterocycles. The molecule has 1 aromatic carbocycles. The van der Waals surface area contributed by atoms with E-state index in [4.69, 9.17) is 5.73 Å². The van der Waals surface area contributed by atoms with Gasteiger partial charge in [0.1, 0.15) is 5.82 Å². The lowest BCUT2D eigenvalue weighted by atomic mass is 9.90. The standard InChI is InChI=1S/C13H16FN/c14-13-7-2-1-5-11(13)8-10-4-3-6-12(15)9-10/h1-2,5,7-8,12H,3-4,6,9,15H2. The molecule has 0 radical (unpaired) electrons. The quantitative estimate of drug-likeness (QED) is 0.749. The summed E-state index contributed by atoms with van der Waals surface area (Å²) in [5, 5.41) is 0. The van der Waals surface area contributed by atoms with Crippen molar-refractivity contribution in [2.45, 2.75) is 31.7 Å². The van der Waals surface area contributed by atoms with Crippen LogP contribution in [0.1, 0.15) is 31.2 Å². The molecule has 0 spiro atoms. The third-order valence-corrected chi connectivity index (χ3v) is 2.86. The molecule has 0 heterocycles. The summed E-state index contributed by atoms with van der Waals surface area (Å²) in [5.74, 6) is -0.149. The summed E-state index contributed by atoms with van der Waals surface area (Å²) in [6.07, 6.45) is 6.14. The normalized spacial score (nSPS) is 24.4. The summed E-state index contributed by atoms with van der Waals surface area (Å²) in [4.78, 5) is 0. The molecule has 0 bridgehead atoms. The molecule has 1 aromatic rings. The number of halogens is 1. The average Bonchev–Trinajstić information content (AvgIpc) is 2.22. The molecule has 1 atom stereocenters. The molecule has 15 heavy (non-hydrogen) atoms. The first-order chi connectivity index (χ1) is 7.25. The monoisotopic (exact) mass is 205 g/mol. The maximum atomic E-state index is 13.4. The van der Waals surface area contributed by atoms with E-state index >= 15 is 0 Å². The van der Waals surface area contributed by atoms with E-state index in [1.165, 1.54) is 11.6 Å². The SMILES string of the molecule is NC1CCCC(=Cc2ccccc2F)C1. The molecular weight excluding hydrogens is 189 g/mol. The van der Waals surface area contributed by atoms with Crippen molar-refractivity contribution in [3.8, 4) is 0 Å². The van der Waals surface area contributed by atoms with Crippen LogP contribution in [0.5, 0.6) is 0 Å². The lowest BCUT2D eigenvalue weighted by Crippen LogP contribution is -2.23. The minimum absolute atomic E-state index is 0.149. The Bertz CT molecular complexity index is 371. The van der Waals surface area contributed by atoms with Crippen LogP contribution in [0, 0.1) is 5.82 Å². The Kier molecular flexibility index (Phi) is 3.17. The molecule has 2 N–H and O–H groups in total. The zero-order valence-corrected chi connectivity index (χ0v) is 8.75. The summed E-state index contributed by atoms with van der Waals surface area (Å²) in [5.41, 5.74) is 7.84. The van der Waals surface area contributed by atoms with Crippen LogP contribution in [-0.4, -0.2) is 6.04 Å². The first kappa shape index (κ1) is 10.4. The van der Waals surface area contributed by atoms with Gasteiger partial charge in [-0.3, -0.25) is 0 Å². The maximum absolute atomic E-state index is 13.4. The van der Waals surface area contributed by atoms with Crippen molar-refractivity contribution in [2.75, 3.05) is 0 Å². The fourth-order valence-electron chi connectivity index (χ4n) is 2.08. The first-order valence-electron chi connectivity index (χ1n) is 5.45. The lowest BCUT2D eigenvalue weighted by molar-refractivity contribution is 0.520. The van der Waals surface area contributed by atoms with Crippen molar-refractivity contribution in [2.24, 2.45) is 5.73 Å². The summed E-state index contributed by atoms with van der Waals surface area (Å²) in [7, 11) is 0. The Balaban J connectivity index is 2.18. The number of nitrogens with two attached hydrogens (primary N) is 1. The highest BCUT2D eigenvalue weighted by molar-refractivity contribution is 5.53. The van der Waals surface area contributed by atoms with E-state index in [1.807, 2.05) is 18.2 Å². The highest BCUT2D eigenvalue weighted by Crippen LogP contribution is 2.25. The van der Waals surface area contributed by atoms with Crippen molar-refractivity contribution in [1.82, 2.24) is 0 Å². The van der Waals surface area contributed by atoms with Crippen molar-refractivity contribution in [3.05, 3.63) is 41.2 Å². The summed E-state index contributed by atoms with van der Waals surface area (Å²) < 4.78 is 13.4. The van der Waals surface area contributed by atoms with Gasteiger partial charge in [0, 0.05) is 11.6 Å². The van der Waals surface area contributed by atoms with Gasteiger partial charge in [0.15, 0.2) is 0 Å². The van der Waals surface area contributed by atoms with E-state index in [1.54, 1.807) is 6.07 Å². The Labute approximate surface area is 89.8 Å². The highest BCUT2D eigenvalue weighted by Gasteiger charge is 2.13. The predicted molar refractivity (Wildman–Crippen MR) is 60.8 cm³/mol. The molecule has 0 aliphatic heterocycles. The van der Waals surface area contributed by atoms with Gasteiger partial charge in [-0.1, -0.05) is 29.8 Å². The van der Waals surface area contributed by atoms with Gasteiger partial charge < -0.3 is 5.73 Å². The minimum Gasteiger partial charge on any atom is -0.327 e. The fraction of sp³-hybridized carbons (Fsp3) is 0.385. The van der Waals surface area contributed by atoms with Crippen molar-refractivity contribution < 1.29 is 4.39 Å². The molecule has 1 nitrogen and oxygen atoms in total. The Morgan fingerprint density at radius 3 is 2.87 bits per heavy atom. The molecule has 2 heteroatoms. The van der Waals surface area contributed by atoms with Gasteiger partial charge in [-0.15, -0.1) is 0 Å². The van der Waals surface area contributed by atoms with Crippen LogP contribution in [0.25, 0.3) is 6.08 Å².